The first kappa shape index (κ1) is 17.0. The van der Waals surface area contributed by atoms with E-state index in [1.54, 1.807) is 0 Å². The maximum atomic E-state index is 9.10. The molecule has 1 rings (SSSR count). The van der Waals surface area contributed by atoms with Gasteiger partial charge in [-0.1, -0.05) is 64.7 Å². The van der Waals surface area contributed by atoms with E-state index in [0.29, 0.717) is 12.5 Å². The lowest BCUT2D eigenvalue weighted by molar-refractivity contribution is 0.221. The topological polar surface area (TPSA) is 23.5 Å². The first-order valence-corrected chi connectivity index (χ1v) is 8.70. The molecule has 1 heterocycles. The fourth-order valence-electron chi connectivity index (χ4n) is 3.09. The molecule has 19 heavy (non-hydrogen) atoms. The van der Waals surface area contributed by atoms with Crippen molar-refractivity contribution in [2.75, 3.05) is 26.2 Å². The molecule has 1 aliphatic rings. The van der Waals surface area contributed by atoms with Crippen LogP contribution in [0.4, 0.5) is 0 Å². The van der Waals surface area contributed by atoms with E-state index >= 15 is 0 Å². The molecule has 0 aliphatic carbocycles. The summed E-state index contributed by atoms with van der Waals surface area (Å²) in [5, 5.41) is 9.10. The van der Waals surface area contributed by atoms with E-state index in [1.807, 2.05) is 0 Å². The Balaban J connectivity index is 1.77. The molecule has 1 atom stereocenters. The third-order valence-electron chi connectivity index (χ3n) is 4.46. The van der Waals surface area contributed by atoms with Gasteiger partial charge in [-0.25, -0.2) is 0 Å². The van der Waals surface area contributed by atoms with Crippen molar-refractivity contribution in [3.63, 3.8) is 0 Å². The molecule has 0 aromatic carbocycles. The number of nitrogens with zero attached hydrogens (tertiary/aromatic N) is 1. The molecule has 0 bridgehead atoms. The van der Waals surface area contributed by atoms with E-state index in [1.165, 1.54) is 83.7 Å². The average molecular weight is 269 g/mol. The fraction of sp³-hybridized carbons (Fsp3) is 1.00. The third kappa shape index (κ3) is 8.65. The smallest absolute Gasteiger partial charge is 0.0471 e. The van der Waals surface area contributed by atoms with Crippen molar-refractivity contribution in [2.45, 2.75) is 77.6 Å². The highest BCUT2D eigenvalue weighted by Crippen LogP contribution is 2.16. The maximum Gasteiger partial charge on any atom is 0.0471 e. The second kappa shape index (κ2) is 11.7. The average Bonchev–Trinajstić information content (AvgIpc) is 2.89. The summed E-state index contributed by atoms with van der Waals surface area (Å²) in [7, 11) is 0. The number of aliphatic hydroxyl groups excluding tert-OH is 1. The number of hydrogen-bond donors (Lipinski definition) is 1. The van der Waals surface area contributed by atoms with Crippen molar-refractivity contribution in [1.82, 2.24) is 4.90 Å². The van der Waals surface area contributed by atoms with E-state index in [4.69, 9.17) is 5.11 Å². The highest BCUT2D eigenvalue weighted by molar-refractivity contribution is 4.74. The Bertz CT molecular complexity index is 196. The third-order valence-corrected chi connectivity index (χ3v) is 4.46. The summed E-state index contributed by atoms with van der Waals surface area (Å²) in [6.07, 6.45) is 15.4. The summed E-state index contributed by atoms with van der Waals surface area (Å²) in [6, 6.07) is 0. The number of likely N-dealkylation sites (tertiary alicyclic amines) is 1. The van der Waals surface area contributed by atoms with Gasteiger partial charge in [-0.05, 0) is 31.8 Å². The molecule has 0 amide bonds. The lowest BCUT2D eigenvalue weighted by atomic mass is 10.1. The zero-order valence-electron chi connectivity index (χ0n) is 13.1. The number of unbranched alkanes of at least 4 members (excludes halogenated alkanes) is 9. The highest BCUT2D eigenvalue weighted by atomic mass is 16.3. The van der Waals surface area contributed by atoms with E-state index < -0.39 is 0 Å². The Hall–Kier alpha value is -0.0800. The molecule has 2 heteroatoms. The second-order valence-electron chi connectivity index (χ2n) is 6.32. The van der Waals surface area contributed by atoms with Crippen molar-refractivity contribution in [1.29, 1.82) is 0 Å². The second-order valence-corrected chi connectivity index (χ2v) is 6.32. The van der Waals surface area contributed by atoms with Crippen molar-refractivity contribution < 1.29 is 5.11 Å². The van der Waals surface area contributed by atoms with Crippen LogP contribution in [0.15, 0.2) is 0 Å². The van der Waals surface area contributed by atoms with Crippen LogP contribution in [0.1, 0.15) is 77.6 Å². The monoisotopic (exact) mass is 269 g/mol. The molecule has 1 aliphatic heterocycles. The normalized spacial score (nSPS) is 20.2. The van der Waals surface area contributed by atoms with Crippen molar-refractivity contribution in [3.05, 3.63) is 0 Å². The van der Waals surface area contributed by atoms with Gasteiger partial charge in [-0.3, -0.25) is 0 Å². The predicted octanol–water partition coefficient (Wildman–Crippen LogP) is 4.22. The minimum absolute atomic E-state index is 0.383. The van der Waals surface area contributed by atoms with Gasteiger partial charge in [0.25, 0.3) is 0 Å². The van der Waals surface area contributed by atoms with Crippen molar-refractivity contribution >= 4 is 0 Å². The Morgan fingerprint density at radius 2 is 1.47 bits per heavy atom. The molecule has 2 nitrogen and oxygen atoms in total. The van der Waals surface area contributed by atoms with Gasteiger partial charge in [0.05, 0.1) is 0 Å². The number of aliphatic hydroxyl groups is 1. The lowest BCUT2D eigenvalue weighted by Gasteiger charge is -2.15. The van der Waals surface area contributed by atoms with Crippen molar-refractivity contribution in [2.24, 2.45) is 5.92 Å². The van der Waals surface area contributed by atoms with Crippen LogP contribution < -0.4 is 0 Å². The first-order valence-electron chi connectivity index (χ1n) is 8.70. The molecular formula is C17H35NO. The summed E-state index contributed by atoms with van der Waals surface area (Å²) in [6.45, 7) is 6.27. The fourth-order valence-corrected chi connectivity index (χ4v) is 3.09. The van der Waals surface area contributed by atoms with Gasteiger partial charge in [0.15, 0.2) is 0 Å². The summed E-state index contributed by atoms with van der Waals surface area (Å²) in [4.78, 5) is 2.53. The van der Waals surface area contributed by atoms with Crippen molar-refractivity contribution in [3.8, 4) is 0 Å². The standard InChI is InChI=1S/C17H35NO/c1-2-3-4-5-6-7-8-9-10-11-13-18-14-12-17(15-18)16-19/h17,19H,2-16H2,1H3. The van der Waals surface area contributed by atoms with Gasteiger partial charge in [0, 0.05) is 13.2 Å². The summed E-state index contributed by atoms with van der Waals surface area (Å²) in [5.41, 5.74) is 0. The molecule has 1 unspecified atom stereocenters. The van der Waals surface area contributed by atoms with Crippen LogP contribution in [0.3, 0.4) is 0 Å². The van der Waals surface area contributed by atoms with Gasteiger partial charge < -0.3 is 10.0 Å². The van der Waals surface area contributed by atoms with Gasteiger partial charge in [-0.15, -0.1) is 0 Å². The minimum Gasteiger partial charge on any atom is -0.396 e. The minimum atomic E-state index is 0.383. The van der Waals surface area contributed by atoms with E-state index in [2.05, 4.69) is 11.8 Å². The highest BCUT2D eigenvalue weighted by Gasteiger charge is 2.20. The van der Waals surface area contributed by atoms with E-state index in [-0.39, 0.29) is 0 Å². The molecule has 1 N–H and O–H groups in total. The maximum absolute atomic E-state index is 9.10. The SMILES string of the molecule is CCCCCCCCCCCCN1CCC(CO)C1. The summed E-state index contributed by atoms with van der Waals surface area (Å²) < 4.78 is 0. The Morgan fingerprint density at radius 1 is 0.895 bits per heavy atom. The van der Waals surface area contributed by atoms with E-state index in [0.717, 1.165) is 6.54 Å². The van der Waals surface area contributed by atoms with Gasteiger partial charge in [-0.2, -0.15) is 0 Å². The van der Waals surface area contributed by atoms with Crippen LogP contribution in [0.25, 0.3) is 0 Å². The number of rotatable bonds is 12. The largest absolute Gasteiger partial charge is 0.396 e. The van der Waals surface area contributed by atoms with Crippen LogP contribution >= 0.6 is 0 Å². The first-order chi connectivity index (χ1) is 9.36. The molecule has 0 aromatic heterocycles. The molecule has 0 radical (unpaired) electrons. The Kier molecular flexibility index (Phi) is 10.5. The Labute approximate surface area is 120 Å². The predicted molar refractivity (Wildman–Crippen MR) is 83.5 cm³/mol. The van der Waals surface area contributed by atoms with Crippen LogP contribution in [-0.4, -0.2) is 36.2 Å². The molecule has 114 valence electrons. The van der Waals surface area contributed by atoms with Crippen LogP contribution in [-0.2, 0) is 0 Å². The number of hydrogen-bond acceptors (Lipinski definition) is 2. The van der Waals surface area contributed by atoms with Gasteiger partial charge in [0.1, 0.15) is 0 Å². The zero-order valence-corrected chi connectivity index (χ0v) is 13.1. The Morgan fingerprint density at radius 3 is 2.00 bits per heavy atom. The van der Waals surface area contributed by atoms with E-state index in [9.17, 15) is 0 Å². The van der Waals surface area contributed by atoms with Crippen LogP contribution in [0, 0.1) is 5.92 Å². The lowest BCUT2D eigenvalue weighted by Crippen LogP contribution is -2.22. The van der Waals surface area contributed by atoms with Gasteiger partial charge in [0.2, 0.25) is 0 Å². The quantitative estimate of drug-likeness (QED) is 0.536. The summed E-state index contributed by atoms with van der Waals surface area (Å²) in [5.74, 6) is 0.558. The zero-order chi connectivity index (χ0) is 13.8. The van der Waals surface area contributed by atoms with Crippen LogP contribution in [0.2, 0.25) is 0 Å². The molecule has 1 fully saturated rings. The van der Waals surface area contributed by atoms with Gasteiger partial charge >= 0.3 is 0 Å². The molecule has 0 aromatic rings. The molecule has 1 saturated heterocycles. The van der Waals surface area contributed by atoms with Crippen LogP contribution in [0.5, 0.6) is 0 Å². The molecular weight excluding hydrogens is 234 g/mol. The molecule has 0 spiro atoms. The summed E-state index contributed by atoms with van der Waals surface area (Å²) >= 11 is 0. The molecule has 0 saturated carbocycles.